The van der Waals surface area contributed by atoms with Gasteiger partial charge in [0, 0.05) is 13.1 Å². The van der Waals surface area contributed by atoms with Gasteiger partial charge in [-0.25, -0.2) is 12.8 Å². The van der Waals surface area contributed by atoms with Crippen LogP contribution in [0.1, 0.15) is 38.8 Å². The lowest BCUT2D eigenvalue weighted by atomic mass is 10.1. The van der Waals surface area contributed by atoms with Crippen LogP contribution in [0.3, 0.4) is 0 Å². The van der Waals surface area contributed by atoms with Crippen LogP contribution in [0, 0.1) is 18.7 Å². The normalized spacial score (nSPS) is 12.1. The summed E-state index contributed by atoms with van der Waals surface area (Å²) in [6.07, 6.45) is 0. The average Bonchev–Trinajstić information content (AvgIpc) is 2.94. The summed E-state index contributed by atoms with van der Waals surface area (Å²) in [5, 5.41) is 2.84. The molecule has 8 nitrogen and oxygen atoms in total. The smallest absolute Gasteiger partial charge is 0.264 e. The minimum atomic E-state index is -4.19. The summed E-state index contributed by atoms with van der Waals surface area (Å²) in [4.78, 5) is 28.2. The molecular weight excluding hydrogens is 545 g/mol. The van der Waals surface area contributed by atoms with E-state index in [9.17, 15) is 22.4 Å². The Balaban J connectivity index is 1.99. The van der Waals surface area contributed by atoms with E-state index in [0.717, 1.165) is 9.87 Å². The van der Waals surface area contributed by atoms with E-state index in [0.29, 0.717) is 30.2 Å². The van der Waals surface area contributed by atoms with Crippen LogP contribution in [-0.4, -0.2) is 50.9 Å². The first kappa shape index (κ1) is 31.6. The van der Waals surface area contributed by atoms with Gasteiger partial charge in [-0.2, -0.15) is 0 Å². The summed E-state index contributed by atoms with van der Waals surface area (Å²) in [7, 11) is -4.19. The molecule has 3 aromatic rings. The topological polar surface area (TPSA) is 96.0 Å². The molecule has 0 aliphatic rings. The Morgan fingerprint density at radius 1 is 0.927 bits per heavy atom. The van der Waals surface area contributed by atoms with Crippen LogP contribution in [0.25, 0.3) is 0 Å². The highest BCUT2D eigenvalue weighted by Gasteiger charge is 2.32. The highest BCUT2D eigenvalue weighted by Crippen LogP contribution is 2.26. The minimum absolute atomic E-state index is 0.0119. The second kappa shape index (κ2) is 14.1. The van der Waals surface area contributed by atoms with Gasteiger partial charge in [0.2, 0.25) is 11.8 Å². The molecule has 0 aliphatic heterocycles. The molecule has 1 unspecified atom stereocenters. The Bertz CT molecular complexity index is 1410. The molecule has 10 heteroatoms. The third-order valence-electron chi connectivity index (χ3n) is 6.44. The van der Waals surface area contributed by atoms with E-state index >= 15 is 0 Å². The lowest BCUT2D eigenvalue weighted by Gasteiger charge is -2.32. The number of halogens is 1. The number of anilines is 1. The molecule has 0 fully saturated rings. The average molecular weight is 584 g/mol. The second-order valence-corrected chi connectivity index (χ2v) is 12.1. The van der Waals surface area contributed by atoms with Gasteiger partial charge >= 0.3 is 0 Å². The maximum atomic E-state index is 13.9. The molecule has 2 amide bonds. The van der Waals surface area contributed by atoms with Crippen molar-refractivity contribution >= 4 is 27.5 Å². The molecule has 0 spiro atoms. The highest BCUT2D eigenvalue weighted by molar-refractivity contribution is 7.92. The molecular formula is C31H38FN3O5S. The van der Waals surface area contributed by atoms with Crippen molar-refractivity contribution in [3.63, 3.8) is 0 Å². The number of hydrogen-bond acceptors (Lipinski definition) is 5. The molecule has 1 N–H and O–H groups in total. The van der Waals surface area contributed by atoms with Crippen molar-refractivity contribution in [1.29, 1.82) is 0 Å². The molecule has 3 aromatic carbocycles. The predicted octanol–water partition coefficient (Wildman–Crippen LogP) is 4.92. The Morgan fingerprint density at radius 3 is 2.10 bits per heavy atom. The van der Waals surface area contributed by atoms with E-state index in [-0.39, 0.29) is 23.3 Å². The van der Waals surface area contributed by atoms with Crippen molar-refractivity contribution in [3.05, 3.63) is 89.7 Å². The number of amides is 2. The number of hydrogen-bond donors (Lipinski definition) is 1. The molecule has 220 valence electrons. The first-order valence-electron chi connectivity index (χ1n) is 13.6. The summed E-state index contributed by atoms with van der Waals surface area (Å²) in [6, 6.07) is 17.5. The molecule has 0 saturated heterocycles. The Hall–Kier alpha value is -3.92. The van der Waals surface area contributed by atoms with Gasteiger partial charge in [0.15, 0.2) is 0 Å². The highest BCUT2D eigenvalue weighted by atomic mass is 32.2. The van der Waals surface area contributed by atoms with Gasteiger partial charge in [-0.15, -0.1) is 0 Å². The lowest BCUT2D eigenvalue weighted by Crippen LogP contribution is -2.51. The largest absolute Gasteiger partial charge is 0.494 e. The van der Waals surface area contributed by atoms with Crippen molar-refractivity contribution in [1.82, 2.24) is 10.2 Å². The third kappa shape index (κ3) is 8.53. The van der Waals surface area contributed by atoms with Gasteiger partial charge in [0.25, 0.3) is 10.0 Å². The van der Waals surface area contributed by atoms with Crippen molar-refractivity contribution in [2.24, 2.45) is 5.92 Å². The van der Waals surface area contributed by atoms with Gasteiger partial charge in [0.05, 0.1) is 17.2 Å². The summed E-state index contributed by atoms with van der Waals surface area (Å²) in [5.74, 6) is -0.664. The standard InChI is InChI=1S/C31H38FN3O5S/c1-6-40-28-15-17-29(18-16-28)41(38,39)35(27-13-7-23(4)8-14-27)21-30(36)34(20-25-9-11-26(32)12-10-25)24(5)31(37)33-19-22(2)3/h7-18,22,24H,6,19-21H2,1-5H3,(H,33,37). The van der Waals surface area contributed by atoms with E-state index in [1.807, 2.05) is 27.7 Å². The molecule has 0 bridgehead atoms. The molecule has 0 aromatic heterocycles. The van der Waals surface area contributed by atoms with Crippen LogP contribution in [0.4, 0.5) is 10.1 Å². The number of aryl methyl sites for hydroxylation is 1. The molecule has 0 radical (unpaired) electrons. The number of carbonyl (C=O) groups excluding carboxylic acids is 2. The Morgan fingerprint density at radius 2 is 1.54 bits per heavy atom. The summed E-state index contributed by atoms with van der Waals surface area (Å²) >= 11 is 0. The number of carbonyl (C=O) groups is 2. The number of rotatable bonds is 13. The second-order valence-electron chi connectivity index (χ2n) is 10.2. The van der Waals surface area contributed by atoms with Crippen LogP contribution in [0.15, 0.2) is 77.7 Å². The number of nitrogens with one attached hydrogen (secondary N) is 1. The maximum Gasteiger partial charge on any atom is 0.264 e. The third-order valence-corrected chi connectivity index (χ3v) is 8.23. The zero-order valence-corrected chi connectivity index (χ0v) is 24.9. The van der Waals surface area contributed by atoms with Crippen molar-refractivity contribution < 1.29 is 27.1 Å². The minimum Gasteiger partial charge on any atom is -0.494 e. The first-order valence-corrected chi connectivity index (χ1v) is 15.0. The van der Waals surface area contributed by atoms with Crippen molar-refractivity contribution in [3.8, 4) is 5.75 Å². The van der Waals surface area contributed by atoms with E-state index < -0.39 is 34.3 Å². The predicted molar refractivity (Wildman–Crippen MR) is 158 cm³/mol. The van der Waals surface area contributed by atoms with Gasteiger partial charge in [0.1, 0.15) is 24.2 Å². The molecule has 1 atom stereocenters. The van der Waals surface area contributed by atoms with Crippen LogP contribution in [0.5, 0.6) is 5.75 Å². The van der Waals surface area contributed by atoms with E-state index in [1.54, 1.807) is 43.3 Å². The number of sulfonamides is 1. The van der Waals surface area contributed by atoms with Crippen molar-refractivity contribution in [2.45, 2.75) is 52.1 Å². The Kier molecular flexibility index (Phi) is 10.9. The van der Waals surface area contributed by atoms with Gasteiger partial charge in [-0.1, -0.05) is 43.7 Å². The van der Waals surface area contributed by atoms with Crippen molar-refractivity contribution in [2.75, 3.05) is 24.0 Å². The summed E-state index contributed by atoms with van der Waals surface area (Å²) in [6.45, 7) is 9.50. The quantitative estimate of drug-likeness (QED) is 0.308. The van der Waals surface area contributed by atoms with E-state index in [4.69, 9.17) is 4.74 Å². The molecule has 41 heavy (non-hydrogen) atoms. The fraction of sp³-hybridized carbons (Fsp3) is 0.355. The van der Waals surface area contributed by atoms with Gasteiger partial charge in [-0.05, 0) is 80.8 Å². The summed E-state index contributed by atoms with van der Waals surface area (Å²) in [5.41, 5.74) is 1.82. The zero-order valence-electron chi connectivity index (χ0n) is 24.1. The van der Waals surface area contributed by atoms with E-state index in [2.05, 4.69) is 5.32 Å². The Labute approximate surface area is 242 Å². The fourth-order valence-electron chi connectivity index (χ4n) is 4.06. The number of ether oxygens (including phenoxy) is 1. The fourth-order valence-corrected chi connectivity index (χ4v) is 5.48. The number of benzene rings is 3. The summed E-state index contributed by atoms with van der Waals surface area (Å²) < 4.78 is 47.9. The molecule has 0 aliphatic carbocycles. The lowest BCUT2D eigenvalue weighted by molar-refractivity contribution is -0.139. The zero-order chi connectivity index (χ0) is 30.2. The first-order chi connectivity index (χ1) is 19.4. The van der Waals surface area contributed by atoms with E-state index in [1.165, 1.54) is 41.3 Å². The molecule has 0 saturated carbocycles. The van der Waals surface area contributed by atoms with Gasteiger partial charge in [-0.3, -0.25) is 13.9 Å². The molecule has 0 heterocycles. The number of nitrogens with zero attached hydrogens (tertiary/aromatic N) is 2. The van der Waals surface area contributed by atoms with Crippen LogP contribution in [-0.2, 0) is 26.2 Å². The van der Waals surface area contributed by atoms with Crippen LogP contribution >= 0.6 is 0 Å². The SMILES string of the molecule is CCOc1ccc(S(=O)(=O)N(CC(=O)N(Cc2ccc(F)cc2)C(C)C(=O)NCC(C)C)c2ccc(C)cc2)cc1. The maximum absolute atomic E-state index is 13.9. The molecule has 3 rings (SSSR count). The van der Waals surface area contributed by atoms with Gasteiger partial charge < -0.3 is 15.0 Å². The van der Waals surface area contributed by atoms with Crippen LogP contribution in [0.2, 0.25) is 0 Å². The monoisotopic (exact) mass is 583 g/mol. The van der Waals surface area contributed by atoms with Crippen LogP contribution < -0.4 is 14.4 Å².